The van der Waals surface area contributed by atoms with Crippen LogP contribution in [0.3, 0.4) is 0 Å². The van der Waals surface area contributed by atoms with Crippen molar-refractivity contribution in [3.05, 3.63) is 86.4 Å². The first-order valence-corrected chi connectivity index (χ1v) is 15.2. The molecule has 1 heteroatoms. The van der Waals surface area contributed by atoms with Crippen LogP contribution in [-0.4, -0.2) is 0 Å². The van der Waals surface area contributed by atoms with E-state index in [9.17, 15) is 0 Å². The number of rotatable bonds is 11. The average molecular weight is 503 g/mol. The fourth-order valence-electron chi connectivity index (χ4n) is 5.27. The fourth-order valence-corrected chi connectivity index (χ4v) is 6.04. The maximum atomic E-state index is 2.44. The second-order valence-corrected chi connectivity index (χ2v) is 12.3. The molecule has 2 aromatic rings. The summed E-state index contributed by atoms with van der Waals surface area (Å²) >= 11 is 0. The molecule has 1 aromatic heterocycles. The topological polar surface area (TPSA) is 0 Å². The number of hydrogen-bond donors (Lipinski definition) is 0. The van der Waals surface area contributed by atoms with Crippen LogP contribution in [0.15, 0.2) is 47.8 Å². The van der Waals surface area contributed by atoms with E-state index in [0.717, 1.165) is 14.1 Å². The molecular formula is C35H51P. The molecule has 0 nitrogen and oxygen atoms in total. The van der Waals surface area contributed by atoms with Crippen molar-refractivity contribution in [1.29, 1.82) is 0 Å². The van der Waals surface area contributed by atoms with Gasteiger partial charge in [-0.25, -0.2) is 0 Å². The summed E-state index contributed by atoms with van der Waals surface area (Å²) in [5.41, 5.74) is 12.4. The van der Waals surface area contributed by atoms with Gasteiger partial charge in [-0.05, 0) is 129 Å². The average Bonchev–Trinajstić information content (AvgIpc) is 2.91. The smallest absolute Gasteiger partial charge is 0.0189 e. The lowest BCUT2D eigenvalue weighted by molar-refractivity contribution is 0.410. The first-order valence-electron chi connectivity index (χ1n) is 14.1. The second-order valence-electron chi connectivity index (χ2n) is 10.9. The molecule has 196 valence electrons. The number of allylic oxidation sites excluding steroid dienone is 3. The van der Waals surface area contributed by atoms with Gasteiger partial charge >= 0.3 is 0 Å². The monoisotopic (exact) mass is 502 g/mol. The predicted octanol–water partition coefficient (Wildman–Crippen LogP) is 11.8. The minimum atomic E-state index is 0.758. The van der Waals surface area contributed by atoms with E-state index in [1.165, 1.54) is 100 Å². The number of unbranched alkanes of at least 4 members (excludes halogenated alkanes) is 1. The Hall–Kier alpha value is -2.04. The van der Waals surface area contributed by atoms with E-state index in [2.05, 4.69) is 111 Å². The zero-order valence-electron chi connectivity index (χ0n) is 24.6. The molecule has 2 unspecified atom stereocenters. The van der Waals surface area contributed by atoms with Crippen LogP contribution >= 0.6 is 8.19 Å². The molecule has 0 amide bonds. The molecule has 1 aromatic carbocycles. The van der Waals surface area contributed by atoms with E-state index in [1.807, 2.05) is 0 Å². The van der Waals surface area contributed by atoms with Crippen LogP contribution in [0.4, 0.5) is 0 Å². The first kappa shape index (κ1) is 30.2. The van der Waals surface area contributed by atoms with Crippen molar-refractivity contribution < 1.29 is 0 Å². The Morgan fingerprint density at radius 1 is 0.806 bits per heavy atom. The lowest BCUT2D eigenvalue weighted by Crippen LogP contribution is -1.99. The normalized spacial score (nSPS) is 13.5. The van der Waals surface area contributed by atoms with Crippen LogP contribution in [0.25, 0.3) is 17.2 Å². The van der Waals surface area contributed by atoms with Gasteiger partial charge in [0.05, 0.1) is 0 Å². The van der Waals surface area contributed by atoms with Gasteiger partial charge in [-0.3, -0.25) is 0 Å². The second kappa shape index (κ2) is 15.3. The number of benzene rings is 1. The van der Waals surface area contributed by atoms with Gasteiger partial charge in [0, 0.05) is 0 Å². The Morgan fingerprint density at radius 2 is 1.47 bits per heavy atom. The van der Waals surface area contributed by atoms with E-state index < -0.39 is 0 Å². The summed E-state index contributed by atoms with van der Waals surface area (Å²) in [4.78, 5) is 0. The summed E-state index contributed by atoms with van der Waals surface area (Å²) in [6, 6.07) is 13.8. The minimum Gasteiger partial charge on any atom is -0.137 e. The standard InChI is InChI=1S/C35H51P/c1-10-12-17-32(11-2)18-15-16-25(3)21-33-24-35(27(5)22-26(33)4)31(9)30(8)34-19-13-14-20-36-29(7)23-28(34)6/h13-14,19-24,32,36H,10-12,15-18H2,1-9H3/b19-13?,20-14?,25-21+,29-23?,31-30+,34-28?. The Kier molecular flexibility index (Phi) is 12.8. The van der Waals surface area contributed by atoms with Crippen molar-refractivity contribution in [2.75, 3.05) is 0 Å². The van der Waals surface area contributed by atoms with Gasteiger partial charge in [-0.15, -0.1) is 8.19 Å². The molecule has 1 heterocycles. The first-order chi connectivity index (χ1) is 17.2. The third kappa shape index (κ3) is 9.12. The van der Waals surface area contributed by atoms with E-state index in [1.54, 1.807) is 0 Å². The van der Waals surface area contributed by atoms with Crippen LogP contribution in [0.1, 0.15) is 118 Å². The van der Waals surface area contributed by atoms with Crippen molar-refractivity contribution in [1.82, 2.24) is 0 Å². The summed E-state index contributed by atoms with van der Waals surface area (Å²) in [6.07, 6.45) is 11.7. The van der Waals surface area contributed by atoms with E-state index >= 15 is 0 Å². The van der Waals surface area contributed by atoms with Crippen molar-refractivity contribution in [3.8, 4) is 0 Å². The Labute approximate surface area is 224 Å². The van der Waals surface area contributed by atoms with Crippen LogP contribution in [0.5, 0.6) is 0 Å². The zero-order chi connectivity index (χ0) is 26.7. The Morgan fingerprint density at radius 3 is 2.17 bits per heavy atom. The highest BCUT2D eigenvalue weighted by molar-refractivity contribution is 7.29. The summed E-state index contributed by atoms with van der Waals surface area (Å²) in [7, 11) is 0.758. The maximum Gasteiger partial charge on any atom is -0.0189 e. The number of hydrogen-bond acceptors (Lipinski definition) is 0. The molecule has 0 spiro atoms. The van der Waals surface area contributed by atoms with Gasteiger partial charge in [0.25, 0.3) is 0 Å². The molecule has 2 rings (SSSR count). The van der Waals surface area contributed by atoms with Gasteiger partial charge in [0.2, 0.25) is 0 Å². The summed E-state index contributed by atoms with van der Waals surface area (Å²) in [6.45, 7) is 20.6. The maximum absolute atomic E-state index is 2.44. The lowest BCUT2D eigenvalue weighted by atomic mass is 9.89. The van der Waals surface area contributed by atoms with E-state index in [-0.39, 0.29) is 0 Å². The third-order valence-electron chi connectivity index (χ3n) is 7.75. The molecule has 0 N–H and O–H groups in total. The minimum absolute atomic E-state index is 0.758. The van der Waals surface area contributed by atoms with Gasteiger partial charge in [-0.1, -0.05) is 87.9 Å². The molecule has 36 heavy (non-hydrogen) atoms. The molecular weight excluding hydrogens is 451 g/mol. The van der Waals surface area contributed by atoms with Crippen molar-refractivity contribution in [2.24, 2.45) is 5.92 Å². The highest BCUT2D eigenvalue weighted by Crippen LogP contribution is 2.32. The molecule has 2 atom stereocenters. The van der Waals surface area contributed by atoms with Gasteiger partial charge in [-0.2, -0.15) is 0 Å². The summed E-state index contributed by atoms with van der Waals surface area (Å²) in [5.74, 6) is 3.17. The van der Waals surface area contributed by atoms with Crippen molar-refractivity contribution in [3.63, 3.8) is 0 Å². The van der Waals surface area contributed by atoms with E-state index in [0.29, 0.717) is 0 Å². The van der Waals surface area contributed by atoms with Gasteiger partial charge < -0.3 is 0 Å². The summed E-state index contributed by atoms with van der Waals surface area (Å²) < 4.78 is 0. The predicted molar refractivity (Wildman–Crippen MR) is 168 cm³/mol. The van der Waals surface area contributed by atoms with Gasteiger partial charge in [0.15, 0.2) is 0 Å². The highest BCUT2D eigenvalue weighted by Gasteiger charge is 2.11. The van der Waals surface area contributed by atoms with Crippen LogP contribution in [0.2, 0.25) is 0 Å². The third-order valence-corrected chi connectivity index (χ3v) is 8.71. The van der Waals surface area contributed by atoms with Crippen molar-refractivity contribution in [2.45, 2.75) is 107 Å². The molecule has 0 radical (unpaired) electrons. The molecule has 0 aliphatic rings. The van der Waals surface area contributed by atoms with Crippen molar-refractivity contribution >= 4 is 25.4 Å². The quantitative estimate of drug-likeness (QED) is 0.286. The van der Waals surface area contributed by atoms with Crippen LogP contribution in [-0.2, 0) is 0 Å². The Bertz CT molecular complexity index is 1110. The number of aryl methyl sites for hydroxylation is 4. The Balaban J connectivity index is 2.36. The molecule has 0 aliphatic heterocycles. The SMILES string of the molecule is CCCCC(CC)CCC/C(C)=C/c1cc(/C(C)=C(\C)c2cccc[pH]c(C)cc2C)c(C)cc1C. The van der Waals surface area contributed by atoms with E-state index in [4.69, 9.17) is 0 Å². The van der Waals surface area contributed by atoms with Crippen LogP contribution < -0.4 is 0 Å². The van der Waals surface area contributed by atoms with Crippen LogP contribution in [0, 0.1) is 33.6 Å². The highest BCUT2D eigenvalue weighted by atomic mass is 31.0. The van der Waals surface area contributed by atoms with Gasteiger partial charge in [0.1, 0.15) is 0 Å². The molecule has 0 aliphatic carbocycles. The molecule has 0 saturated carbocycles. The molecule has 0 saturated heterocycles. The lowest BCUT2D eigenvalue weighted by Gasteiger charge is -2.16. The molecule has 0 bridgehead atoms. The molecule has 0 fully saturated rings. The summed E-state index contributed by atoms with van der Waals surface area (Å²) in [5, 5.41) is 1.43. The zero-order valence-corrected chi connectivity index (χ0v) is 25.6. The fraction of sp³-hybridized carbons (Fsp3) is 0.486. The largest absolute Gasteiger partial charge is 0.137 e.